The summed E-state index contributed by atoms with van der Waals surface area (Å²) in [7, 11) is -2.08. The molecule has 1 fully saturated rings. The van der Waals surface area contributed by atoms with Gasteiger partial charge >= 0.3 is 0 Å². The number of sulfone groups is 1. The Morgan fingerprint density at radius 1 is 1.23 bits per heavy atom. The number of nitriles is 1. The number of nitrogens with two attached hydrogens (primary N) is 1. The maximum absolute atomic E-state index is 13.7. The second-order valence-electron chi connectivity index (χ2n) is 11.0. The highest BCUT2D eigenvalue weighted by Gasteiger charge is 2.60. The fraction of sp³-hybridized carbons (Fsp3) is 0.519. The maximum atomic E-state index is 13.7. The van der Waals surface area contributed by atoms with Crippen LogP contribution in [0.15, 0.2) is 24.3 Å². The number of aryl methyl sites for hydroxylation is 1. The van der Waals surface area contributed by atoms with Crippen LogP contribution in [0, 0.1) is 11.3 Å². The molecule has 3 N–H and O–H groups in total. The second-order valence-corrected chi connectivity index (χ2v) is 13.9. The van der Waals surface area contributed by atoms with Crippen LogP contribution in [0.3, 0.4) is 0 Å². The number of hydrogen-bond acceptors (Lipinski definition) is 8. The van der Waals surface area contributed by atoms with Gasteiger partial charge < -0.3 is 16.0 Å². The minimum absolute atomic E-state index is 0.0628. The number of nitrogens with one attached hydrogen (secondary N) is 1. The molecule has 4 rings (SSSR count). The Bertz CT molecular complexity index is 1450. The third-order valence-electron chi connectivity index (χ3n) is 7.84. The van der Waals surface area contributed by atoms with E-state index in [0.717, 1.165) is 5.56 Å². The van der Waals surface area contributed by atoms with Crippen molar-refractivity contribution in [2.75, 3.05) is 19.6 Å². The molecule has 0 atom stereocenters. The quantitative estimate of drug-likeness (QED) is 0.418. The Labute approximate surface area is 228 Å². The fourth-order valence-electron chi connectivity index (χ4n) is 5.13. The van der Waals surface area contributed by atoms with E-state index in [1.165, 1.54) is 4.68 Å². The van der Waals surface area contributed by atoms with E-state index in [2.05, 4.69) is 10.4 Å². The number of hydrogen-bond donors (Lipinski definition) is 2. The molecule has 2 amide bonds. The minimum Gasteiger partial charge on any atom is -0.347 e. The molecule has 0 spiro atoms. The van der Waals surface area contributed by atoms with Gasteiger partial charge in [0.15, 0.2) is 15.5 Å². The zero-order valence-electron chi connectivity index (χ0n) is 22.5. The van der Waals surface area contributed by atoms with Crippen molar-refractivity contribution >= 4 is 27.4 Å². The van der Waals surface area contributed by atoms with Crippen molar-refractivity contribution in [3.05, 3.63) is 52.3 Å². The summed E-state index contributed by atoms with van der Waals surface area (Å²) in [5, 5.41) is 16.1. The number of carbonyl (C=O) groups is 3. The molecule has 2 aromatic rings. The molecule has 1 aliphatic heterocycles. The van der Waals surface area contributed by atoms with Gasteiger partial charge in [-0.1, -0.05) is 12.1 Å². The highest BCUT2D eigenvalue weighted by atomic mass is 32.2. The molecule has 0 radical (unpaired) electrons. The molecule has 2 aliphatic rings. The molecule has 1 aromatic heterocycles. The zero-order chi connectivity index (χ0) is 28.6. The van der Waals surface area contributed by atoms with Crippen molar-refractivity contribution in [2.45, 2.75) is 62.0 Å². The first-order valence-corrected chi connectivity index (χ1v) is 14.4. The lowest BCUT2D eigenvalue weighted by Gasteiger charge is -2.35. The predicted octanol–water partition coefficient (Wildman–Crippen LogP) is 1.25. The molecule has 0 bridgehead atoms. The Morgan fingerprint density at radius 3 is 2.49 bits per heavy atom. The Kier molecular flexibility index (Phi) is 7.69. The summed E-state index contributed by atoms with van der Waals surface area (Å²) in [5.74, 6) is -0.947. The van der Waals surface area contributed by atoms with E-state index in [9.17, 15) is 22.8 Å². The second kappa shape index (κ2) is 10.5. The topological polar surface area (TPSA) is 168 Å². The van der Waals surface area contributed by atoms with Gasteiger partial charge in [0.2, 0.25) is 0 Å². The van der Waals surface area contributed by atoms with Crippen LogP contribution in [0.5, 0.6) is 0 Å². The van der Waals surface area contributed by atoms with Crippen molar-refractivity contribution in [1.29, 1.82) is 5.26 Å². The van der Waals surface area contributed by atoms with E-state index in [1.807, 2.05) is 6.07 Å². The van der Waals surface area contributed by atoms with Gasteiger partial charge in [-0.25, -0.2) is 8.42 Å². The lowest BCUT2D eigenvalue weighted by Crippen LogP contribution is -2.50. The molecular weight excluding hydrogens is 520 g/mol. The van der Waals surface area contributed by atoms with Gasteiger partial charge in [-0.3, -0.25) is 19.1 Å². The summed E-state index contributed by atoms with van der Waals surface area (Å²) in [6, 6.07) is 8.91. The first-order chi connectivity index (χ1) is 18.4. The predicted molar refractivity (Wildman–Crippen MR) is 143 cm³/mol. The SMILES string of the molecule is Cn1nc(C(=O)NCc2ccc(C#N)cc2)c2c1C(=O)N(CC1(S(=O)(=O)C(C)(C)CCC(=O)CN)CC1)CC2. The molecular formula is C27H34N6O5S. The van der Waals surface area contributed by atoms with Gasteiger partial charge in [0.05, 0.1) is 27.7 Å². The van der Waals surface area contributed by atoms with Gasteiger partial charge in [-0.15, -0.1) is 0 Å². The van der Waals surface area contributed by atoms with Crippen LogP contribution >= 0.6 is 0 Å². The fourth-order valence-corrected chi connectivity index (χ4v) is 7.64. The monoisotopic (exact) mass is 554 g/mol. The smallest absolute Gasteiger partial charge is 0.272 e. The third kappa shape index (κ3) is 5.33. The zero-order valence-corrected chi connectivity index (χ0v) is 23.3. The van der Waals surface area contributed by atoms with Gasteiger partial charge in [-0.05, 0) is 57.2 Å². The number of Topliss-reactive ketones (excluding diaryl/α,β-unsaturated/α-hetero) is 1. The summed E-state index contributed by atoms with van der Waals surface area (Å²) in [6.45, 7) is 3.72. The van der Waals surface area contributed by atoms with Crippen molar-refractivity contribution in [3.63, 3.8) is 0 Å². The molecule has 2 heterocycles. The van der Waals surface area contributed by atoms with E-state index >= 15 is 0 Å². The molecule has 39 heavy (non-hydrogen) atoms. The van der Waals surface area contributed by atoms with Crippen LogP contribution in [-0.2, 0) is 34.6 Å². The highest BCUT2D eigenvalue weighted by Crippen LogP contribution is 2.50. The standard InChI is InChI=1S/C27H34N6O5S/c1-26(2,10-8-20(34)15-29)39(37,38)27(11-12-27)17-33-13-9-21-22(31-32(3)23(21)25(33)36)24(35)30-16-19-6-4-18(14-28)5-7-19/h4-7H,8-13,15-17,29H2,1-3H3,(H,30,35). The number of nitrogens with zero attached hydrogens (tertiary/aromatic N) is 4. The van der Waals surface area contributed by atoms with Gasteiger partial charge in [0.1, 0.15) is 11.5 Å². The van der Waals surface area contributed by atoms with Gasteiger partial charge in [0, 0.05) is 38.7 Å². The van der Waals surface area contributed by atoms with Crippen molar-refractivity contribution in [3.8, 4) is 6.07 Å². The summed E-state index contributed by atoms with van der Waals surface area (Å²) < 4.78 is 26.6. The van der Waals surface area contributed by atoms with Crippen molar-refractivity contribution in [1.82, 2.24) is 20.0 Å². The van der Waals surface area contributed by atoms with E-state index in [-0.39, 0.29) is 62.1 Å². The molecule has 1 aromatic carbocycles. The molecule has 1 aliphatic carbocycles. The lowest BCUT2D eigenvalue weighted by molar-refractivity contribution is -0.117. The molecule has 0 saturated heterocycles. The number of fused-ring (bicyclic) bond motifs is 1. The largest absolute Gasteiger partial charge is 0.347 e. The summed E-state index contributed by atoms with van der Waals surface area (Å²) in [6.07, 6.45) is 1.55. The summed E-state index contributed by atoms with van der Waals surface area (Å²) in [4.78, 5) is 39.7. The van der Waals surface area contributed by atoms with Crippen LogP contribution in [0.1, 0.15) is 77.2 Å². The van der Waals surface area contributed by atoms with E-state index in [1.54, 1.807) is 50.1 Å². The van der Waals surface area contributed by atoms with E-state index < -0.39 is 25.2 Å². The van der Waals surface area contributed by atoms with Gasteiger partial charge in [0.25, 0.3) is 11.8 Å². The average molecular weight is 555 g/mol. The first-order valence-electron chi connectivity index (χ1n) is 12.9. The van der Waals surface area contributed by atoms with Crippen LogP contribution in [-0.4, -0.2) is 69.8 Å². The number of amides is 2. The average Bonchev–Trinajstić information content (AvgIpc) is 3.63. The Hall–Kier alpha value is -3.56. The number of benzene rings is 1. The number of carbonyl (C=O) groups excluding carboxylic acids is 3. The van der Waals surface area contributed by atoms with Crippen LogP contribution in [0.4, 0.5) is 0 Å². The van der Waals surface area contributed by atoms with Crippen LogP contribution in [0.2, 0.25) is 0 Å². The molecule has 208 valence electrons. The summed E-state index contributed by atoms with van der Waals surface area (Å²) >= 11 is 0. The maximum Gasteiger partial charge on any atom is 0.272 e. The van der Waals surface area contributed by atoms with Crippen molar-refractivity contribution in [2.24, 2.45) is 12.8 Å². The third-order valence-corrected chi connectivity index (χ3v) is 11.2. The minimum atomic E-state index is -3.68. The normalized spacial score (nSPS) is 16.4. The molecule has 0 unspecified atom stereocenters. The van der Waals surface area contributed by atoms with Crippen LogP contribution < -0.4 is 11.1 Å². The highest BCUT2D eigenvalue weighted by molar-refractivity contribution is 7.94. The summed E-state index contributed by atoms with van der Waals surface area (Å²) in [5.41, 5.74) is 7.74. The Morgan fingerprint density at radius 2 is 1.90 bits per heavy atom. The van der Waals surface area contributed by atoms with Gasteiger partial charge in [-0.2, -0.15) is 10.4 Å². The van der Waals surface area contributed by atoms with E-state index in [4.69, 9.17) is 11.0 Å². The van der Waals surface area contributed by atoms with E-state index in [0.29, 0.717) is 30.4 Å². The lowest BCUT2D eigenvalue weighted by atomic mass is 10.0. The number of rotatable bonds is 11. The molecule has 1 saturated carbocycles. The van der Waals surface area contributed by atoms with Crippen LogP contribution in [0.25, 0.3) is 0 Å². The number of ketones is 1. The van der Waals surface area contributed by atoms with Crippen molar-refractivity contribution < 1.29 is 22.8 Å². The Balaban J connectivity index is 1.47. The molecule has 11 nitrogen and oxygen atoms in total. The number of aromatic nitrogens is 2. The first kappa shape index (κ1) is 28.4. The molecule has 12 heteroatoms.